The minimum absolute atomic E-state index is 0. The standard InChI is InChI=1S/C21H25N5O.ClH/c1-2-5-11-18(10-4-1)22-16-17-9-8-14-20(15-17)27-21-23-24-25-26(21)19-12-6-3-7-13-19;/h3,6-9,12-15,18,22H,1-2,4-5,10-11,16H2;1H. The van der Waals surface area contributed by atoms with Crippen LogP contribution < -0.4 is 10.1 Å². The Hall–Kier alpha value is -2.44. The molecule has 0 spiro atoms. The zero-order valence-electron chi connectivity index (χ0n) is 15.8. The van der Waals surface area contributed by atoms with E-state index in [4.69, 9.17) is 4.74 Å². The fourth-order valence-electron chi connectivity index (χ4n) is 3.54. The van der Waals surface area contributed by atoms with Crippen molar-refractivity contribution in [2.75, 3.05) is 0 Å². The van der Waals surface area contributed by atoms with Crippen LogP contribution in [0.15, 0.2) is 54.6 Å². The maximum Gasteiger partial charge on any atom is 0.345 e. The Morgan fingerprint density at radius 3 is 2.54 bits per heavy atom. The first kappa shape index (κ1) is 20.3. The van der Waals surface area contributed by atoms with Gasteiger partial charge in [0.1, 0.15) is 5.75 Å². The number of aromatic nitrogens is 4. The van der Waals surface area contributed by atoms with Crippen molar-refractivity contribution in [1.29, 1.82) is 0 Å². The third-order valence-corrected chi connectivity index (χ3v) is 5.00. The van der Waals surface area contributed by atoms with Crippen LogP contribution in [0.2, 0.25) is 0 Å². The molecule has 1 fully saturated rings. The summed E-state index contributed by atoms with van der Waals surface area (Å²) >= 11 is 0. The normalized spacial score (nSPS) is 14.9. The van der Waals surface area contributed by atoms with Gasteiger partial charge in [0, 0.05) is 12.6 Å². The molecule has 1 heterocycles. The molecule has 7 heteroatoms. The molecule has 6 nitrogen and oxygen atoms in total. The number of hydrogen-bond acceptors (Lipinski definition) is 5. The number of rotatable bonds is 6. The quantitative estimate of drug-likeness (QED) is 0.609. The highest BCUT2D eigenvalue weighted by Gasteiger charge is 2.13. The average molecular weight is 400 g/mol. The van der Waals surface area contributed by atoms with Gasteiger partial charge in [-0.3, -0.25) is 0 Å². The summed E-state index contributed by atoms with van der Waals surface area (Å²) in [5.41, 5.74) is 2.07. The molecule has 0 aliphatic heterocycles. The van der Waals surface area contributed by atoms with Crippen molar-refractivity contribution in [2.45, 2.75) is 51.1 Å². The molecule has 0 saturated heterocycles. The van der Waals surface area contributed by atoms with E-state index in [0.717, 1.165) is 18.0 Å². The van der Waals surface area contributed by atoms with Crippen LogP contribution in [-0.4, -0.2) is 26.2 Å². The molecule has 148 valence electrons. The highest BCUT2D eigenvalue weighted by Crippen LogP contribution is 2.23. The van der Waals surface area contributed by atoms with Gasteiger partial charge in [0.2, 0.25) is 0 Å². The van der Waals surface area contributed by atoms with Crippen LogP contribution in [0.4, 0.5) is 0 Å². The smallest absolute Gasteiger partial charge is 0.345 e. The van der Waals surface area contributed by atoms with Gasteiger partial charge in [0.15, 0.2) is 0 Å². The number of halogens is 1. The Labute approximate surface area is 171 Å². The van der Waals surface area contributed by atoms with Gasteiger partial charge in [-0.25, -0.2) is 0 Å². The molecule has 1 saturated carbocycles. The summed E-state index contributed by atoms with van der Waals surface area (Å²) in [6.45, 7) is 0.853. The van der Waals surface area contributed by atoms with Crippen LogP contribution in [0, 0.1) is 0 Å². The highest BCUT2D eigenvalue weighted by atomic mass is 35.5. The van der Waals surface area contributed by atoms with E-state index in [0.29, 0.717) is 12.1 Å². The number of nitrogens with one attached hydrogen (secondary N) is 1. The number of para-hydroxylation sites is 1. The summed E-state index contributed by atoms with van der Waals surface area (Å²) in [5, 5.41) is 15.5. The topological polar surface area (TPSA) is 64.9 Å². The fourth-order valence-corrected chi connectivity index (χ4v) is 3.54. The Morgan fingerprint density at radius 1 is 0.964 bits per heavy atom. The van der Waals surface area contributed by atoms with Gasteiger partial charge in [-0.15, -0.1) is 12.4 Å². The lowest BCUT2D eigenvalue weighted by Gasteiger charge is -2.16. The van der Waals surface area contributed by atoms with Crippen molar-refractivity contribution in [3.63, 3.8) is 0 Å². The molecule has 2 aromatic carbocycles. The Bertz CT molecular complexity index is 847. The van der Waals surface area contributed by atoms with Gasteiger partial charge >= 0.3 is 6.01 Å². The number of hydrogen-bond donors (Lipinski definition) is 1. The van der Waals surface area contributed by atoms with Crippen molar-refractivity contribution >= 4 is 12.4 Å². The second-order valence-corrected chi connectivity index (χ2v) is 7.03. The van der Waals surface area contributed by atoms with E-state index in [1.54, 1.807) is 4.68 Å². The van der Waals surface area contributed by atoms with Crippen LogP contribution in [0.25, 0.3) is 5.69 Å². The molecule has 1 N–H and O–H groups in total. The molecular weight excluding hydrogens is 374 g/mol. The summed E-state index contributed by atoms with van der Waals surface area (Å²) in [5.74, 6) is 0.738. The number of ether oxygens (including phenoxy) is 1. The maximum absolute atomic E-state index is 5.96. The molecule has 0 atom stereocenters. The number of nitrogens with zero attached hydrogens (tertiary/aromatic N) is 4. The van der Waals surface area contributed by atoms with Crippen molar-refractivity contribution in [3.8, 4) is 17.4 Å². The lowest BCUT2D eigenvalue weighted by molar-refractivity contribution is 0.425. The summed E-state index contributed by atoms with van der Waals surface area (Å²) in [4.78, 5) is 0. The predicted molar refractivity (Wildman–Crippen MR) is 111 cm³/mol. The predicted octanol–water partition coefficient (Wildman–Crippen LogP) is 4.69. The Kier molecular flexibility index (Phi) is 7.39. The van der Waals surface area contributed by atoms with Crippen LogP contribution in [0.3, 0.4) is 0 Å². The SMILES string of the molecule is Cl.c1ccc(-n2nnnc2Oc2cccc(CNC3CCCCCC3)c2)cc1. The average Bonchev–Trinajstić information content (AvgIpc) is 3.01. The van der Waals surface area contributed by atoms with E-state index in [2.05, 4.69) is 26.9 Å². The van der Waals surface area contributed by atoms with Gasteiger partial charge in [0.25, 0.3) is 0 Å². The zero-order chi connectivity index (χ0) is 18.3. The largest absolute Gasteiger partial charge is 0.423 e. The van der Waals surface area contributed by atoms with E-state index in [9.17, 15) is 0 Å². The van der Waals surface area contributed by atoms with Crippen molar-refractivity contribution in [3.05, 3.63) is 60.2 Å². The Morgan fingerprint density at radius 2 is 1.75 bits per heavy atom. The molecular formula is C21H26ClN5O. The third-order valence-electron chi connectivity index (χ3n) is 5.00. The van der Waals surface area contributed by atoms with Crippen LogP contribution in [0.5, 0.6) is 11.8 Å². The van der Waals surface area contributed by atoms with Gasteiger partial charge in [-0.2, -0.15) is 4.68 Å². The van der Waals surface area contributed by atoms with Crippen LogP contribution >= 0.6 is 12.4 Å². The van der Waals surface area contributed by atoms with E-state index in [1.807, 2.05) is 48.5 Å². The second-order valence-electron chi connectivity index (χ2n) is 7.03. The molecule has 28 heavy (non-hydrogen) atoms. The van der Waals surface area contributed by atoms with Gasteiger partial charge in [-0.05, 0) is 53.1 Å². The second kappa shape index (κ2) is 10.2. The zero-order valence-corrected chi connectivity index (χ0v) is 16.6. The van der Waals surface area contributed by atoms with Gasteiger partial charge < -0.3 is 10.1 Å². The summed E-state index contributed by atoms with van der Waals surface area (Å²) in [7, 11) is 0. The molecule has 1 aromatic heterocycles. The molecule has 0 radical (unpaired) electrons. The first-order valence-electron chi connectivity index (χ1n) is 9.72. The summed E-state index contributed by atoms with van der Waals surface area (Å²) < 4.78 is 7.55. The molecule has 3 aromatic rings. The minimum atomic E-state index is 0. The summed E-state index contributed by atoms with van der Waals surface area (Å²) in [6.07, 6.45) is 7.98. The van der Waals surface area contributed by atoms with Crippen LogP contribution in [-0.2, 0) is 6.54 Å². The van der Waals surface area contributed by atoms with E-state index in [-0.39, 0.29) is 12.4 Å². The van der Waals surface area contributed by atoms with Gasteiger partial charge in [-0.1, -0.05) is 61.1 Å². The monoisotopic (exact) mass is 399 g/mol. The third kappa shape index (κ3) is 5.30. The first-order valence-corrected chi connectivity index (χ1v) is 9.72. The van der Waals surface area contributed by atoms with Crippen molar-refractivity contribution < 1.29 is 4.74 Å². The van der Waals surface area contributed by atoms with E-state index in [1.165, 1.54) is 44.1 Å². The Balaban J connectivity index is 0.00000225. The lowest BCUT2D eigenvalue weighted by atomic mass is 10.1. The minimum Gasteiger partial charge on any atom is -0.423 e. The molecule has 0 bridgehead atoms. The highest BCUT2D eigenvalue weighted by molar-refractivity contribution is 5.85. The number of benzene rings is 2. The molecule has 4 rings (SSSR count). The fraction of sp³-hybridized carbons (Fsp3) is 0.381. The van der Waals surface area contributed by atoms with E-state index >= 15 is 0 Å². The summed E-state index contributed by atoms with van der Waals surface area (Å²) in [6, 6.07) is 18.8. The maximum atomic E-state index is 5.96. The first-order chi connectivity index (χ1) is 13.4. The van der Waals surface area contributed by atoms with E-state index < -0.39 is 0 Å². The molecule has 0 unspecified atom stereocenters. The van der Waals surface area contributed by atoms with Crippen molar-refractivity contribution in [1.82, 2.24) is 25.5 Å². The van der Waals surface area contributed by atoms with Gasteiger partial charge in [0.05, 0.1) is 5.69 Å². The molecule has 1 aliphatic carbocycles. The molecule has 0 amide bonds. The molecule has 1 aliphatic rings. The van der Waals surface area contributed by atoms with Crippen molar-refractivity contribution in [2.24, 2.45) is 0 Å². The lowest BCUT2D eigenvalue weighted by Crippen LogP contribution is -2.27. The van der Waals surface area contributed by atoms with Crippen LogP contribution in [0.1, 0.15) is 44.1 Å². The number of tetrazole rings is 1.